The maximum atomic E-state index is 10.8. The Balaban J connectivity index is 2.51. The van der Waals surface area contributed by atoms with Gasteiger partial charge in [-0.2, -0.15) is 0 Å². The number of hydrogen-bond donors (Lipinski definition) is 1. The zero-order chi connectivity index (χ0) is 15.9. The number of primary sulfonamides is 1. The summed E-state index contributed by atoms with van der Waals surface area (Å²) in [7, 11) is -0.217. The number of ether oxygens (including phenoxy) is 3. The molecule has 0 aliphatic carbocycles. The van der Waals surface area contributed by atoms with Gasteiger partial charge < -0.3 is 14.2 Å². The molecular formula is C14H23NO5S. The summed E-state index contributed by atoms with van der Waals surface area (Å²) in [6.45, 7) is 2.41. The van der Waals surface area contributed by atoms with Crippen LogP contribution < -0.4 is 19.3 Å². The van der Waals surface area contributed by atoms with Crippen LogP contribution in [-0.4, -0.2) is 35.0 Å². The van der Waals surface area contributed by atoms with E-state index in [1.807, 2.05) is 19.1 Å². The molecule has 0 atom stereocenters. The minimum atomic E-state index is -3.37. The third-order valence-electron chi connectivity index (χ3n) is 2.92. The van der Waals surface area contributed by atoms with Crippen molar-refractivity contribution in [1.29, 1.82) is 0 Å². The monoisotopic (exact) mass is 317 g/mol. The summed E-state index contributed by atoms with van der Waals surface area (Å²) >= 11 is 0. The Hall–Kier alpha value is -1.47. The Kier molecular flexibility index (Phi) is 6.77. The fraction of sp³-hybridized carbons (Fsp3) is 0.571. The van der Waals surface area contributed by atoms with E-state index in [1.54, 1.807) is 14.2 Å². The number of sulfonamides is 1. The third kappa shape index (κ3) is 6.22. The van der Waals surface area contributed by atoms with Gasteiger partial charge in [-0.3, -0.25) is 0 Å². The zero-order valence-corrected chi connectivity index (χ0v) is 13.5. The van der Waals surface area contributed by atoms with Crippen molar-refractivity contribution >= 4 is 10.0 Å². The van der Waals surface area contributed by atoms with Crippen molar-refractivity contribution in [2.24, 2.45) is 5.14 Å². The highest BCUT2D eigenvalue weighted by Crippen LogP contribution is 2.38. The molecule has 1 rings (SSSR count). The maximum absolute atomic E-state index is 10.8. The lowest BCUT2D eigenvalue weighted by Crippen LogP contribution is -2.16. The summed E-state index contributed by atoms with van der Waals surface area (Å²) in [6, 6.07) is 3.75. The molecule has 6 nitrogen and oxygen atoms in total. The van der Waals surface area contributed by atoms with E-state index in [0.717, 1.165) is 18.4 Å². The van der Waals surface area contributed by atoms with Crippen molar-refractivity contribution in [2.45, 2.75) is 26.2 Å². The Morgan fingerprint density at radius 1 is 1.05 bits per heavy atom. The average molecular weight is 317 g/mol. The lowest BCUT2D eigenvalue weighted by Gasteiger charge is -2.15. The van der Waals surface area contributed by atoms with E-state index in [2.05, 4.69) is 0 Å². The second-order valence-electron chi connectivity index (χ2n) is 4.77. The van der Waals surface area contributed by atoms with Crippen LogP contribution in [0.4, 0.5) is 0 Å². The predicted molar refractivity (Wildman–Crippen MR) is 81.6 cm³/mol. The number of hydrogen-bond acceptors (Lipinski definition) is 5. The molecule has 0 aromatic heterocycles. The van der Waals surface area contributed by atoms with Gasteiger partial charge in [0, 0.05) is 0 Å². The normalized spacial score (nSPS) is 11.2. The Labute approximate surface area is 126 Å². The molecule has 1 aromatic carbocycles. The highest BCUT2D eigenvalue weighted by molar-refractivity contribution is 7.89. The second kappa shape index (κ2) is 8.09. The van der Waals surface area contributed by atoms with Crippen LogP contribution in [0, 0.1) is 6.92 Å². The second-order valence-corrected chi connectivity index (χ2v) is 6.51. The quantitative estimate of drug-likeness (QED) is 0.702. The first-order valence-electron chi connectivity index (χ1n) is 6.73. The van der Waals surface area contributed by atoms with Crippen molar-refractivity contribution in [1.82, 2.24) is 0 Å². The molecule has 0 unspecified atom stereocenters. The molecule has 0 bridgehead atoms. The summed E-state index contributed by atoms with van der Waals surface area (Å²) in [6.07, 6.45) is 1.99. The van der Waals surface area contributed by atoms with Gasteiger partial charge in [0.25, 0.3) is 0 Å². The number of benzene rings is 1. The molecule has 0 heterocycles. The molecule has 0 aliphatic rings. The molecule has 2 N–H and O–H groups in total. The Morgan fingerprint density at radius 3 is 2.10 bits per heavy atom. The van der Waals surface area contributed by atoms with E-state index in [9.17, 15) is 8.42 Å². The van der Waals surface area contributed by atoms with Gasteiger partial charge >= 0.3 is 0 Å². The maximum Gasteiger partial charge on any atom is 0.209 e. The minimum Gasteiger partial charge on any atom is -0.493 e. The van der Waals surface area contributed by atoms with Crippen LogP contribution in [0.3, 0.4) is 0 Å². The molecule has 0 aliphatic heterocycles. The van der Waals surface area contributed by atoms with Crippen LogP contribution in [0.1, 0.15) is 24.8 Å². The average Bonchev–Trinajstić information content (AvgIpc) is 2.41. The number of unbranched alkanes of at least 4 members (excludes halogenated alkanes) is 2. The highest BCUT2D eigenvalue weighted by Gasteiger charge is 2.12. The number of nitrogens with two attached hydrogens (primary N) is 1. The minimum absolute atomic E-state index is 0.00414. The zero-order valence-electron chi connectivity index (χ0n) is 12.7. The molecular weight excluding hydrogens is 294 g/mol. The standard InChI is InChI=1S/C14H23NO5S/c1-11-9-12(18-2)14(13(10-11)19-3)20-7-5-4-6-8-21(15,16)17/h9-10H,4-8H2,1-3H3,(H2,15,16,17). The molecule has 0 amide bonds. The van der Waals surface area contributed by atoms with E-state index in [0.29, 0.717) is 30.3 Å². The fourth-order valence-corrected chi connectivity index (χ4v) is 2.52. The first-order valence-corrected chi connectivity index (χ1v) is 8.45. The molecule has 0 radical (unpaired) electrons. The van der Waals surface area contributed by atoms with Gasteiger partial charge in [0.15, 0.2) is 11.5 Å². The van der Waals surface area contributed by atoms with E-state index in [4.69, 9.17) is 19.3 Å². The van der Waals surface area contributed by atoms with Crippen molar-refractivity contribution in [3.8, 4) is 17.2 Å². The van der Waals surface area contributed by atoms with Crippen LogP contribution in [0.25, 0.3) is 0 Å². The molecule has 7 heteroatoms. The molecule has 0 spiro atoms. The Bertz CT molecular complexity index is 531. The van der Waals surface area contributed by atoms with E-state index in [-0.39, 0.29) is 5.75 Å². The molecule has 1 aromatic rings. The van der Waals surface area contributed by atoms with E-state index >= 15 is 0 Å². The number of rotatable bonds is 9. The van der Waals surface area contributed by atoms with Crippen LogP contribution in [0.15, 0.2) is 12.1 Å². The van der Waals surface area contributed by atoms with Crippen LogP contribution >= 0.6 is 0 Å². The van der Waals surface area contributed by atoms with Crippen LogP contribution in [0.5, 0.6) is 17.2 Å². The first-order chi connectivity index (χ1) is 9.87. The summed E-state index contributed by atoms with van der Waals surface area (Å²) < 4.78 is 37.9. The summed E-state index contributed by atoms with van der Waals surface area (Å²) in [4.78, 5) is 0. The molecule has 0 saturated heterocycles. The number of methoxy groups -OCH3 is 2. The van der Waals surface area contributed by atoms with Gasteiger partial charge in [-0.1, -0.05) is 0 Å². The van der Waals surface area contributed by atoms with Crippen molar-refractivity contribution in [3.63, 3.8) is 0 Å². The van der Waals surface area contributed by atoms with Gasteiger partial charge in [0.05, 0.1) is 26.6 Å². The van der Waals surface area contributed by atoms with Crippen molar-refractivity contribution in [3.05, 3.63) is 17.7 Å². The van der Waals surface area contributed by atoms with E-state index in [1.165, 1.54) is 0 Å². The van der Waals surface area contributed by atoms with Gasteiger partial charge in [0.1, 0.15) is 0 Å². The van der Waals surface area contributed by atoms with Gasteiger partial charge in [-0.05, 0) is 43.9 Å². The predicted octanol–water partition coefficient (Wildman–Crippen LogP) is 1.85. The fourth-order valence-electron chi connectivity index (χ4n) is 1.91. The smallest absolute Gasteiger partial charge is 0.209 e. The van der Waals surface area contributed by atoms with Crippen molar-refractivity contribution in [2.75, 3.05) is 26.6 Å². The lowest BCUT2D eigenvalue weighted by molar-refractivity contribution is 0.268. The van der Waals surface area contributed by atoms with Crippen molar-refractivity contribution < 1.29 is 22.6 Å². The third-order valence-corrected chi connectivity index (χ3v) is 3.78. The number of aryl methyl sites for hydroxylation is 1. The summed E-state index contributed by atoms with van der Waals surface area (Å²) in [5.41, 5.74) is 1.02. The van der Waals surface area contributed by atoms with Crippen LogP contribution in [-0.2, 0) is 10.0 Å². The molecule has 21 heavy (non-hydrogen) atoms. The largest absolute Gasteiger partial charge is 0.493 e. The molecule has 120 valence electrons. The topological polar surface area (TPSA) is 87.8 Å². The Morgan fingerprint density at radius 2 is 1.62 bits per heavy atom. The lowest BCUT2D eigenvalue weighted by atomic mass is 10.2. The SMILES string of the molecule is COc1cc(C)cc(OC)c1OCCCCCS(N)(=O)=O. The molecule has 0 fully saturated rings. The highest BCUT2D eigenvalue weighted by atomic mass is 32.2. The summed E-state index contributed by atoms with van der Waals surface area (Å²) in [5, 5.41) is 4.94. The van der Waals surface area contributed by atoms with Crippen LogP contribution in [0.2, 0.25) is 0 Å². The summed E-state index contributed by atoms with van der Waals surface area (Å²) in [5.74, 6) is 1.81. The first kappa shape index (κ1) is 17.6. The van der Waals surface area contributed by atoms with E-state index < -0.39 is 10.0 Å². The van der Waals surface area contributed by atoms with Gasteiger partial charge in [0.2, 0.25) is 15.8 Å². The van der Waals surface area contributed by atoms with Gasteiger partial charge in [-0.25, -0.2) is 13.6 Å². The van der Waals surface area contributed by atoms with Gasteiger partial charge in [-0.15, -0.1) is 0 Å². The molecule has 0 saturated carbocycles.